The highest BCUT2D eigenvalue weighted by Gasteiger charge is 2.46. The Kier molecular flexibility index (Phi) is 4.54. The van der Waals surface area contributed by atoms with Gasteiger partial charge in [-0.1, -0.05) is 17.3 Å². The first-order valence-electron chi connectivity index (χ1n) is 9.22. The van der Waals surface area contributed by atoms with Gasteiger partial charge in [0, 0.05) is 17.7 Å². The molecule has 3 aliphatic rings. The van der Waals surface area contributed by atoms with Crippen molar-refractivity contribution >= 4 is 6.08 Å². The summed E-state index contributed by atoms with van der Waals surface area (Å²) in [5.74, 6) is 2.19. The SMILES string of the molecule is CC=Cc1cc(-c2nc(C)no2)ccc1OCC1(O)CN2CCC1CC2. The first kappa shape index (κ1) is 17.2. The van der Waals surface area contributed by atoms with Crippen LogP contribution in [0.25, 0.3) is 17.5 Å². The second kappa shape index (κ2) is 6.85. The molecule has 1 unspecified atom stereocenters. The van der Waals surface area contributed by atoms with E-state index in [4.69, 9.17) is 9.26 Å². The molecule has 1 N–H and O–H groups in total. The van der Waals surface area contributed by atoms with Crippen molar-refractivity contribution in [3.63, 3.8) is 0 Å². The van der Waals surface area contributed by atoms with Gasteiger partial charge in [0.2, 0.25) is 0 Å². The average molecular weight is 355 g/mol. The minimum atomic E-state index is -0.758. The fourth-order valence-electron chi connectivity index (χ4n) is 4.05. The van der Waals surface area contributed by atoms with E-state index in [1.54, 1.807) is 6.92 Å². The zero-order chi connectivity index (χ0) is 18.1. The van der Waals surface area contributed by atoms with Gasteiger partial charge < -0.3 is 19.3 Å². The van der Waals surface area contributed by atoms with Crippen LogP contribution in [-0.4, -0.2) is 52.0 Å². The molecular weight excluding hydrogens is 330 g/mol. The van der Waals surface area contributed by atoms with Crippen molar-refractivity contribution in [2.24, 2.45) is 5.92 Å². The van der Waals surface area contributed by atoms with Crippen LogP contribution in [0, 0.1) is 12.8 Å². The van der Waals surface area contributed by atoms with Crippen LogP contribution in [0.15, 0.2) is 28.8 Å². The second-order valence-corrected chi connectivity index (χ2v) is 7.34. The monoisotopic (exact) mass is 355 g/mol. The van der Waals surface area contributed by atoms with E-state index in [0.717, 1.165) is 42.8 Å². The Hall–Kier alpha value is -2.18. The van der Waals surface area contributed by atoms with Gasteiger partial charge in [0.05, 0.1) is 0 Å². The van der Waals surface area contributed by atoms with Gasteiger partial charge in [-0.25, -0.2) is 0 Å². The molecule has 26 heavy (non-hydrogen) atoms. The number of ether oxygens (including phenoxy) is 1. The number of rotatable bonds is 5. The number of fused-ring (bicyclic) bond motifs is 3. The fourth-order valence-corrected chi connectivity index (χ4v) is 4.05. The van der Waals surface area contributed by atoms with E-state index < -0.39 is 5.60 Å². The highest BCUT2D eigenvalue weighted by Crippen LogP contribution is 2.36. The fraction of sp³-hybridized carbons (Fsp3) is 0.500. The molecule has 0 saturated carbocycles. The lowest BCUT2D eigenvalue weighted by atomic mass is 9.76. The minimum absolute atomic E-state index is 0.317. The van der Waals surface area contributed by atoms with Crippen LogP contribution in [0.1, 0.15) is 31.2 Å². The third kappa shape index (κ3) is 3.27. The molecule has 0 spiro atoms. The van der Waals surface area contributed by atoms with Crippen LogP contribution < -0.4 is 4.74 Å². The maximum atomic E-state index is 11.1. The number of benzene rings is 1. The van der Waals surface area contributed by atoms with Gasteiger partial charge in [0.1, 0.15) is 18.0 Å². The van der Waals surface area contributed by atoms with Crippen molar-refractivity contribution in [2.75, 3.05) is 26.2 Å². The van der Waals surface area contributed by atoms with E-state index in [9.17, 15) is 5.11 Å². The Morgan fingerprint density at radius 2 is 2.19 bits per heavy atom. The number of piperidine rings is 3. The molecule has 1 atom stereocenters. The van der Waals surface area contributed by atoms with Gasteiger partial charge in [-0.3, -0.25) is 0 Å². The summed E-state index contributed by atoms with van der Waals surface area (Å²) in [4.78, 5) is 6.61. The molecule has 5 rings (SSSR count). The third-order valence-corrected chi connectivity index (χ3v) is 5.45. The molecule has 2 bridgehead atoms. The van der Waals surface area contributed by atoms with Gasteiger partial charge in [-0.2, -0.15) is 4.98 Å². The van der Waals surface area contributed by atoms with Crippen molar-refractivity contribution in [2.45, 2.75) is 32.3 Å². The molecule has 6 nitrogen and oxygen atoms in total. The summed E-state index contributed by atoms with van der Waals surface area (Å²) in [6.07, 6.45) is 6.06. The summed E-state index contributed by atoms with van der Waals surface area (Å²) in [6, 6.07) is 5.80. The summed E-state index contributed by atoms with van der Waals surface area (Å²) in [7, 11) is 0. The van der Waals surface area contributed by atoms with Gasteiger partial charge in [-0.15, -0.1) is 0 Å². The van der Waals surface area contributed by atoms with Gasteiger partial charge >= 0.3 is 0 Å². The molecule has 0 radical (unpaired) electrons. The molecular formula is C20H25N3O3. The molecule has 0 aliphatic carbocycles. The van der Waals surface area contributed by atoms with Crippen molar-refractivity contribution < 1.29 is 14.4 Å². The predicted molar refractivity (Wildman–Crippen MR) is 98.8 cm³/mol. The predicted octanol–water partition coefficient (Wildman–Crippen LogP) is 2.91. The standard InChI is InChI=1S/C20H25N3O3/c1-3-4-15-11-16(19-21-14(2)22-26-19)5-6-18(15)25-13-20(24)12-23-9-7-17(20)8-10-23/h3-6,11,17,24H,7-10,12-13H2,1-2H3. The Balaban J connectivity index is 1.54. The smallest absolute Gasteiger partial charge is 0.257 e. The molecule has 2 aromatic rings. The van der Waals surface area contributed by atoms with Crippen LogP contribution in [0.5, 0.6) is 5.75 Å². The molecule has 0 amide bonds. The summed E-state index contributed by atoms with van der Waals surface area (Å²) in [5, 5.41) is 14.9. The zero-order valence-electron chi connectivity index (χ0n) is 15.3. The summed E-state index contributed by atoms with van der Waals surface area (Å²) < 4.78 is 11.3. The number of nitrogens with zero attached hydrogens (tertiary/aromatic N) is 3. The highest BCUT2D eigenvalue weighted by atomic mass is 16.5. The van der Waals surface area contributed by atoms with E-state index in [2.05, 4.69) is 15.0 Å². The van der Waals surface area contributed by atoms with Crippen molar-refractivity contribution in [3.8, 4) is 17.2 Å². The lowest BCUT2D eigenvalue weighted by molar-refractivity contribution is -0.131. The average Bonchev–Trinajstić information content (AvgIpc) is 3.08. The molecule has 3 fully saturated rings. The molecule has 1 aromatic heterocycles. The lowest BCUT2D eigenvalue weighted by Crippen LogP contribution is -2.61. The first-order valence-corrected chi connectivity index (χ1v) is 9.22. The van der Waals surface area contributed by atoms with E-state index in [1.165, 1.54) is 0 Å². The normalized spacial score (nSPS) is 28.0. The highest BCUT2D eigenvalue weighted by molar-refractivity contribution is 5.66. The van der Waals surface area contributed by atoms with Crippen molar-refractivity contribution in [1.29, 1.82) is 0 Å². The molecule has 3 saturated heterocycles. The zero-order valence-corrected chi connectivity index (χ0v) is 15.3. The largest absolute Gasteiger partial charge is 0.490 e. The Bertz CT molecular complexity index is 808. The minimum Gasteiger partial charge on any atom is -0.490 e. The van der Waals surface area contributed by atoms with Crippen molar-refractivity contribution in [3.05, 3.63) is 35.7 Å². The van der Waals surface area contributed by atoms with E-state index in [1.807, 2.05) is 37.3 Å². The summed E-state index contributed by atoms with van der Waals surface area (Å²) in [5.41, 5.74) is 1.03. The van der Waals surface area contributed by atoms with Gasteiger partial charge in [0.25, 0.3) is 5.89 Å². The molecule has 6 heteroatoms. The number of hydrogen-bond acceptors (Lipinski definition) is 6. The molecule has 3 aliphatic heterocycles. The Labute approximate surface area is 153 Å². The summed E-state index contributed by atoms with van der Waals surface area (Å²) >= 11 is 0. The lowest BCUT2D eigenvalue weighted by Gasteiger charge is -2.50. The Morgan fingerprint density at radius 1 is 1.38 bits per heavy atom. The number of aryl methyl sites for hydroxylation is 1. The number of hydrogen-bond donors (Lipinski definition) is 1. The van der Waals surface area contributed by atoms with Gasteiger partial charge in [-0.05, 0) is 63.9 Å². The van der Waals surface area contributed by atoms with Crippen molar-refractivity contribution in [1.82, 2.24) is 15.0 Å². The topological polar surface area (TPSA) is 71.6 Å². The first-order chi connectivity index (χ1) is 12.6. The molecule has 138 valence electrons. The summed E-state index contributed by atoms with van der Waals surface area (Å²) in [6.45, 7) is 6.97. The number of aliphatic hydroxyl groups is 1. The van der Waals surface area contributed by atoms with E-state index in [0.29, 0.717) is 30.8 Å². The maximum Gasteiger partial charge on any atom is 0.257 e. The maximum absolute atomic E-state index is 11.1. The second-order valence-electron chi connectivity index (χ2n) is 7.34. The van der Waals surface area contributed by atoms with E-state index >= 15 is 0 Å². The van der Waals surface area contributed by atoms with Crippen LogP contribution in [-0.2, 0) is 0 Å². The van der Waals surface area contributed by atoms with Gasteiger partial charge in [0.15, 0.2) is 5.82 Å². The number of aromatic nitrogens is 2. The molecule has 4 heterocycles. The van der Waals surface area contributed by atoms with Crippen LogP contribution in [0.3, 0.4) is 0 Å². The van der Waals surface area contributed by atoms with Crippen LogP contribution in [0.4, 0.5) is 0 Å². The van der Waals surface area contributed by atoms with Crippen LogP contribution in [0.2, 0.25) is 0 Å². The van der Waals surface area contributed by atoms with E-state index in [-0.39, 0.29) is 0 Å². The van der Waals surface area contributed by atoms with Crippen LogP contribution >= 0.6 is 0 Å². The molecule has 1 aromatic carbocycles. The number of allylic oxidation sites excluding steroid dienone is 1. The third-order valence-electron chi connectivity index (χ3n) is 5.45. The quantitative estimate of drug-likeness (QED) is 0.889. The Morgan fingerprint density at radius 3 is 2.81 bits per heavy atom.